The Kier molecular flexibility index (Phi) is 3.42. The number of carboxylic acids is 1. The number of rotatable bonds is 3. The number of aromatic carboxylic acids is 1. The summed E-state index contributed by atoms with van der Waals surface area (Å²) in [4.78, 5) is 10.9. The van der Waals surface area contributed by atoms with E-state index in [1.165, 1.54) is 18.2 Å². The van der Waals surface area contributed by atoms with Gasteiger partial charge >= 0.3 is 5.97 Å². The minimum atomic E-state index is -0.997. The SMILES string of the molecule is O=C(O)c1cccc(NN=C2CCc3c2ccc(O)c3O)c1. The number of anilines is 1. The molecule has 6 heteroatoms. The zero-order chi connectivity index (χ0) is 15.7. The van der Waals surface area contributed by atoms with E-state index in [0.29, 0.717) is 24.1 Å². The van der Waals surface area contributed by atoms with Gasteiger partial charge in [-0.15, -0.1) is 0 Å². The van der Waals surface area contributed by atoms with E-state index in [1.807, 2.05) is 0 Å². The number of hydrogen-bond donors (Lipinski definition) is 4. The number of benzene rings is 2. The average Bonchev–Trinajstić information content (AvgIpc) is 2.93. The van der Waals surface area contributed by atoms with Gasteiger partial charge in [-0.25, -0.2) is 4.79 Å². The lowest BCUT2D eigenvalue weighted by Crippen LogP contribution is -2.01. The van der Waals surface area contributed by atoms with E-state index < -0.39 is 5.97 Å². The molecule has 4 N–H and O–H groups in total. The van der Waals surface area contributed by atoms with Crippen molar-refractivity contribution >= 4 is 17.4 Å². The second-order valence-corrected chi connectivity index (χ2v) is 5.02. The van der Waals surface area contributed by atoms with E-state index in [2.05, 4.69) is 10.5 Å². The number of carboxylic acid groups (broad SMARTS) is 1. The molecule has 3 rings (SSSR count). The molecule has 0 fully saturated rings. The highest BCUT2D eigenvalue weighted by Crippen LogP contribution is 2.36. The van der Waals surface area contributed by atoms with Crippen molar-refractivity contribution in [3.05, 3.63) is 53.1 Å². The van der Waals surface area contributed by atoms with Crippen molar-refractivity contribution in [1.29, 1.82) is 0 Å². The highest BCUT2D eigenvalue weighted by Gasteiger charge is 2.22. The molecule has 0 spiro atoms. The van der Waals surface area contributed by atoms with Crippen molar-refractivity contribution in [2.45, 2.75) is 12.8 Å². The Labute approximate surface area is 126 Å². The second kappa shape index (κ2) is 5.40. The molecule has 0 saturated heterocycles. The molecule has 6 nitrogen and oxygen atoms in total. The van der Waals surface area contributed by atoms with Gasteiger partial charge in [0.1, 0.15) is 0 Å². The normalized spacial score (nSPS) is 14.8. The van der Waals surface area contributed by atoms with Crippen LogP contribution >= 0.6 is 0 Å². The zero-order valence-electron chi connectivity index (χ0n) is 11.6. The second-order valence-electron chi connectivity index (χ2n) is 5.02. The Morgan fingerprint density at radius 3 is 2.73 bits per heavy atom. The maximum absolute atomic E-state index is 10.9. The van der Waals surface area contributed by atoms with Gasteiger partial charge in [-0.2, -0.15) is 5.10 Å². The fraction of sp³-hybridized carbons (Fsp3) is 0.125. The maximum atomic E-state index is 10.9. The molecule has 2 aromatic carbocycles. The first kappa shape index (κ1) is 13.9. The number of hydrazone groups is 1. The topological polar surface area (TPSA) is 102 Å². The van der Waals surface area contributed by atoms with E-state index >= 15 is 0 Å². The third-order valence-electron chi connectivity index (χ3n) is 3.61. The minimum absolute atomic E-state index is 0.101. The van der Waals surface area contributed by atoms with Gasteiger partial charge in [0.25, 0.3) is 0 Å². The van der Waals surface area contributed by atoms with Gasteiger partial charge in [-0.1, -0.05) is 6.07 Å². The molecule has 22 heavy (non-hydrogen) atoms. The number of nitrogens with one attached hydrogen (secondary N) is 1. The van der Waals surface area contributed by atoms with Gasteiger partial charge in [-0.05, 0) is 43.2 Å². The summed E-state index contributed by atoms with van der Waals surface area (Å²) in [5, 5.41) is 32.6. The van der Waals surface area contributed by atoms with Crippen molar-refractivity contribution < 1.29 is 20.1 Å². The first-order valence-corrected chi connectivity index (χ1v) is 6.76. The first-order chi connectivity index (χ1) is 10.6. The van der Waals surface area contributed by atoms with E-state index in [4.69, 9.17) is 5.11 Å². The van der Waals surface area contributed by atoms with E-state index in [9.17, 15) is 15.0 Å². The first-order valence-electron chi connectivity index (χ1n) is 6.76. The highest BCUT2D eigenvalue weighted by molar-refractivity contribution is 6.05. The van der Waals surface area contributed by atoms with Crippen LogP contribution in [0.2, 0.25) is 0 Å². The van der Waals surface area contributed by atoms with E-state index in [0.717, 1.165) is 11.3 Å². The molecule has 112 valence electrons. The van der Waals surface area contributed by atoms with Crippen molar-refractivity contribution in [1.82, 2.24) is 0 Å². The van der Waals surface area contributed by atoms with Crippen LogP contribution in [0.15, 0.2) is 41.5 Å². The van der Waals surface area contributed by atoms with Crippen LogP contribution in [0.5, 0.6) is 11.5 Å². The highest BCUT2D eigenvalue weighted by atomic mass is 16.4. The molecule has 0 unspecified atom stereocenters. The fourth-order valence-electron chi connectivity index (χ4n) is 2.50. The van der Waals surface area contributed by atoms with E-state index in [-0.39, 0.29) is 17.1 Å². The van der Waals surface area contributed by atoms with Crippen molar-refractivity contribution in [2.24, 2.45) is 5.10 Å². The predicted molar refractivity (Wildman–Crippen MR) is 81.7 cm³/mol. The number of carbonyl (C=O) groups is 1. The molecule has 0 radical (unpaired) electrons. The number of phenols is 2. The van der Waals surface area contributed by atoms with Crippen LogP contribution in [-0.2, 0) is 6.42 Å². The van der Waals surface area contributed by atoms with Gasteiger partial charge in [0, 0.05) is 11.1 Å². The van der Waals surface area contributed by atoms with Gasteiger partial charge < -0.3 is 15.3 Å². The largest absolute Gasteiger partial charge is 0.504 e. The fourth-order valence-corrected chi connectivity index (χ4v) is 2.50. The summed E-state index contributed by atoms with van der Waals surface area (Å²) in [6, 6.07) is 9.51. The third kappa shape index (κ3) is 2.46. The average molecular weight is 298 g/mol. The van der Waals surface area contributed by atoms with Crippen molar-refractivity contribution in [2.75, 3.05) is 5.43 Å². The molecule has 0 saturated carbocycles. The summed E-state index contributed by atoms with van der Waals surface area (Å²) in [7, 11) is 0. The monoisotopic (exact) mass is 298 g/mol. The smallest absolute Gasteiger partial charge is 0.335 e. The Hall–Kier alpha value is -3.02. The number of nitrogens with zero attached hydrogens (tertiary/aromatic N) is 1. The Bertz CT molecular complexity index is 784. The number of hydrogen-bond acceptors (Lipinski definition) is 5. The lowest BCUT2D eigenvalue weighted by atomic mass is 10.1. The predicted octanol–water partition coefficient (Wildman–Crippen LogP) is 2.56. The summed E-state index contributed by atoms with van der Waals surface area (Å²) in [6.45, 7) is 0. The van der Waals surface area contributed by atoms with Gasteiger partial charge in [0.2, 0.25) is 0 Å². The number of fused-ring (bicyclic) bond motifs is 1. The van der Waals surface area contributed by atoms with Crippen LogP contribution in [0.25, 0.3) is 0 Å². The van der Waals surface area contributed by atoms with Crippen molar-refractivity contribution in [3.8, 4) is 11.5 Å². The Morgan fingerprint density at radius 1 is 1.14 bits per heavy atom. The molecule has 0 aliphatic heterocycles. The number of aromatic hydroxyl groups is 2. The molecule has 0 heterocycles. The maximum Gasteiger partial charge on any atom is 0.335 e. The van der Waals surface area contributed by atoms with Crippen LogP contribution in [0, 0.1) is 0 Å². The van der Waals surface area contributed by atoms with Crippen LogP contribution in [0.4, 0.5) is 5.69 Å². The summed E-state index contributed by atoms with van der Waals surface area (Å²) >= 11 is 0. The quantitative estimate of drug-likeness (QED) is 0.515. The molecule has 0 bridgehead atoms. The summed E-state index contributed by atoms with van der Waals surface area (Å²) in [5.41, 5.74) is 5.82. The number of phenolic OH excluding ortho intramolecular Hbond substituents is 2. The van der Waals surface area contributed by atoms with Gasteiger partial charge in [0.15, 0.2) is 11.5 Å². The molecular formula is C16H14N2O4. The lowest BCUT2D eigenvalue weighted by molar-refractivity contribution is 0.0697. The Balaban J connectivity index is 1.86. The van der Waals surface area contributed by atoms with Crippen LogP contribution in [-0.4, -0.2) is 27.0 Å². The summed E-state index contributed by atoms with van der Waals surface area (Å²) in [5.74, 6) is -1.24. The molecule has 0 amide bonds. The molecule has 0 aromatic heterocycles. The van der Waals surface area contributed by atoms with Crippen LogP contribution in [0.1, 0.15) is 27.9 Å². The zero-order valence-corrected chi connectivity index (χ0v) is 11.6. The molecule has 1 aliphatic carbocycles. The third-order valence-corrected chi connectivity index (χ3v) is 3.61. The minimum Gasteiger partial charge on any atom is -0.504 e. The van der Waals surface area contributed by atoms with Crippen LogP contribution in [0.3, 0.4) is 0 Å². The van der Waals surface area contributed by atoms with E-state index in [1.54, 1.807) is 18.2 Å². The molecule has 0 atom stereocenters. The van der Waals surface area contributed by atoms with Crippen LogP contribution < -0.4 is 5.43 Å². The molecule has 2 aromatic rings. The Morgan fingerprint density at radius 2 is 1.95 bits per heavy atom. The van der Waals surface area contributed by atoms with Gasteiger partial charge in [0.05, 0.1) is 17.0 Å². The van der Waals surface area contributed by atoms with Gasteiger partial charge in [-0.3, -0.25) is 5.43 Å². The lowest BCUT2D eigenvalue weighted by Gasteiger charge is -2.06. The molecule has 1 aliphatic rings. The summed E-state index contributed by atoms with van der Waals surface area (Å²) < 4.78 is 0. The molecular weight excluding hydrogens is 284 g/mol. The van der Waals surface area contributed by atoms with Crippen molar-refractivity contribution in [3.63, 3.8) is 0 Å². The summed E-state index contributed by atoms with van der Waals surface area (Å²) in [6.07, 6.45) is 1.24. The standard InChI is InChI=1S/C16H14N2O4/c19-14-7-5-11-12(15(14)20)4-6-13(11)18-17-10-3-1-2-9(8-10)16(21)22/h1-3,5,7-8,17,19-20H,4,6H2,(H,21,22).